The van der Waals surface area contributed by atoms with E-state index in [-0.39, 0.29) is 22.8 Å². The number of hydrogen-bond donors (Lipinski definition) is 2. The van der Waals surface area contributed by atoms with Crippen molar-refractivity contribution >= 4 is 52.7 Å². The van der Waals surface area contributed by atoms with Gasteiger partial charge in [0.05, 0.1) is 0 Å². The molecule has 14 heteroatoms. The van der Waals surface area contributed by atoms with E-state index in [0.717, 1.165) is 33.0 Å². The molecule has 0 spiro atoms. The molecule has 0 saturated heterocycles. The van der Waals surface area contributed by atoms with Crippen LogP contribution in [-0.2, 0) is 40.3 Å². The Morgan fingerprint density at radius 3 is 1.37 bits per heavy atom. The predicted octanol–water partition coefficient (Wildman–Crippen LogP) is 6.04. The van der Waals surface area contributed by atoms with Gasteiger partial charge in [-0.1, -0.05) is 24.3 Å². The van der Waals surface area contributed by atoms with Crippen LogP contribution in [0.2, 0.25) is 0 Å². The number of nitrogens with one attached hydrogen (secondary N) is 2. The quantitative estimate of drug-likeness (QED) is 0.204. The summed E-state index contributed by atoms with van der Waals surface area (Å²) < 4.78 is 29.5. The molecule has 3 aromatic heterocycles. The third-order valence-electron chi connectivity index (χ3n) is 7.73. The molecule has 4 aromatic carbocycles. The summed E-state index contributed by atoms with van der Waals surface area (Å²) >= 11 is 3.68. The summed E-state index contributed by atoms with van der Waals surface area (Å²) in [5, 5.41) is 2.72. The van der Waals surface area contributed by atoms with E-state index in [1.165, 1.54) is 6.07 Å². The number of benzene rings is 4. The zero-order valence-corrected chi connectivity index (χ0v) is 25.9. The number of aromatic nitrogens is 8. The van der Waals surface area contributed by atoms with Crippen molar-refractivity contribution in [1.82, 2.24) is 39.9 Å². The molecule has 8 bridgehead atoms. The average Bonchev–Trinajstić information content (AvgIpc) is 3.76. The zero-order valence-electron chi connectivity index (χ0n) is 23.1. The van der Waals surface area contributed by atoms with Gasteiger partial charge in [0.1, 0.15) is 0 Å². The fourth-order valence-electron chi connectivity index (χ4n) is 5.83. The van der Waals surface area contributed by atoms with Crippen molar-refractivity contribution in [1.29, 1.82) is 0 Å². The Morgan fingerprint density at radius 1 is 0.500 bits per heavy atom. The van der Waals surface area contributed by atoms with E-state index in [1.54, 1.807) is 12.1 Å². The van der Waals surface area contributed by atoms with Gasteiger partial charge in [0, 0.05) is 22.5 Å². The van der Waals surface area contributed by atoms with Crippen LogP contribution in [-0.4, -0.2) is 48.3 Å². The molecule has 0 fully saturated rings. The van der Waals surface area contributed by atoms with Crippen molar-refractivity contribution in [2.45, 2.75) is 0 Å². The normalized spacial score (nSPS) is 12.0. The van der Waals surface area contributed by atoms with Crippen LogP contribution < -0.4 is 4.18 Å². The van der Waals surface area contributed by atoms with Gasteiger partial charge in [-0.25, -0.2) is 0 Å². The van der Waals surface area contributed by atoms with Gasteiger partial charge in [-0.05, 0) is 0 Å². The summed E-state index contributed by atoms with van der Waals surface area (Å²) in [7, 11) is -4.16. The molecule has 5 heterocycles. The van der Waals surface area contributed by atoms with Crippen LogP contribution in [0.1, 0.15) is 0 Å². The Bertz CT molecular complexity index is 2690. The van der Waals surface area contributed by atoms with Crippen LogP contribution in [0, 0.1) is 0 Å². The number of hydrogen-bond acceptors (Lipinski definition) is 9. The van der Waals surface area contributed by atoms with Crippen LogP contribution in [0.5, 0.6) is 5.75 Å². The van der Waals surface area contributed by atoms with Crippen molar-refractivity contribution in [2.75, 3.05) is 0 Å². The van der Waals surface area contributed by atoms with Gasteiger partial charge in [0.15, 0.2) is 0 Å². The maximum absolute atomic E-state index is 12.1. The fourth-order valence-corrected chi connectivity index (χ4v) is 6.46. The molecule has 7 aromatic rings. The molecule has 0 saturated carbocycles. The predicted molar refractivity (Wildman–Crippen MR) is 166 cm³/mol. The maximum atomic E-state index is 12.1. The van der Waals surface area contributed by atoms with Gasteiger partial charge >= 0.3 is 232 Å². The smallest absolute Gasteiger partial charge is 0 e. The Hall–Kier alpha value is -4.98. The molecule has 2 N–H and O–H groups in total. The first-order valence-electron chi connectivity index (χ1n) is 13.7. The molecule has 0 aliphatic carbocycles. The van der Waals surface area contributed by atoms with E-state index in [2.05, 4.69) is 24.6 Å². The van der Waals surface area contributed by atoms with Crippen LogP contribution in [0.3, 0.4) is 0 Å². The minimum atomic E-state index is -4.16. The first kappa shape index (κ1) is 28.5. The number of fused-ring (bicyclic) bond motifs is 20. The summed E-state index contributed by atoms with van der Waals surface area (Å²) in [5.74, 6) is 1.80. The molecular weight excluding hydrogens is 699 g/mol. The van der Waals surface area contributed by atoms with E-state index in [0.29, 0.717) is 56.7 Å². The molecule has 1 radical (unpaired) electrons. The van der Waals surface area contributed by atoms with E-state index >= 15 is 0 Å². The van der Waals surface area contributed by atoms with Crippen molar-refractivity contribution in [3.05, 3.63) is 91.0 Å². The number of nitrogens with zero attached hydrogens (tertiary/aromatic N) is 6. The number of aromatic amines is 2. The Kier molecular flexibility index (Phi) is 6.53. The second-order valence-electron chi connectivity index (χ2n) is 10.4. The fraction of sp³-hybridized carbons (Fsp3) is 0. The monoisotopic (exact) mass is 715 g/mol. The van der Waals surface area contributed by atoms with Crippen LogP contribution in [0.15, 0.2) is 91.0 Å². The van der Waals surface area contributed by atoms with Crippen LogP contribution >= 0.6 is 0 Å². The molecule has 9 rings (SSSR count). The molecule has 0 unspecified atom stereocenters. The molecule has 11 nitrogen and oxygen atoms in total. The molecule has 2 aliphatic heterocycles. The Labute approximate surface area is 277 Å². The largest absolute Gasteiger partial charge is 0 e. The minimum Gasteiger partial charge on any atom is 0 e. The molecule has 0 atom stereocenters. The van der Waals surface area contributed by atoms with Gasteiger partial charge in [0.2, 0.25) is 0 Å². The summed E-state index contributed by atoms with van der Waals surface area (Å²) in [4.78, 5) is 36.1. The summed E-state index contributed by atoms with van der Waals surface area (Å²) in [6.45, 7) is 0. The van der Waals surface area contributed by atoms with Gasteiger partial charge < -0.3 is 0 Å². The van der Waals surface area contributed by atoms with Crippen LogP contribution in [0.25, 0.3) is 89.7 Å². The van der Waals surface area contributed by atoms with Crippen molar-refractivity contribution in [3.8, 4) is 51.3 Å². The van der Waals surface area contributed by atoms with Gasteiger partial charge in [-0.2, -0.15) is 0 Å². The third kappa shape index (κ3) is 4.58. The van der Waals surface area contributed by atoms with E-state index in [4.69, 9.17) is 34.1 Å². The third-order valence-corrected chi connectivity index (χ3v) is 8.36. The second kappa shape index (κ2) is 10.5. The van der Waals surface area contributed by atoms with Gasteiger partial charge in [-0.15, -0.1) is 0 Å². The molecule has 0 amide bonds. The van der Waals surface area contributed by atoms with E-state index < -0.39 is 8.59 Å². The summed E-state index contributed by atoms with van der Waals surface area (Å²) in [6.07, 6.45) is 0. The first-order chi connectivity index (χ1) is 21.9. The van der Waals surface area contributed by atoms with E-state index in [1.807, 2.05) is 72.8 Å². The standard InChI is InChI=1S/C32H17N8O3S.Co.Cu/c41-44(42)43-23-15-7-14-22-24(23)32-39-30-21-13-6-5-12-20(21)28(37-30)35-26-17-9-2-1-8-16(17)25(33-26)34-27-18-10-3-4-11-19(18)29(36-27)38-31(22)40-32;;/h1-15H,(H2,33,34,35,36,37,38,39,40);;. The Morgan fingerprint density at radius 2 is 0.891 bits per heavy atom. The topological polar surface area (TPSA) is 152 Å². The van der Waals surface area contributed by atoms with Crippen molar-refractivity contribution in [3.63, 3.8) is 0 Å². The van der Waals surface area contributed by atoms with Gasteiger partial charge in [-0.3, -0.25) is 0 Å². The molecule has 2 aliphatic rings. The second-order valence-corrected chi connectivity index (χ2v) is 12.8. The summed E-state index contributed by atoms with van der Waals surface area (Å²) in [5.41, 5.74) is 5.06. The SMILES string of the molecule is O=[S](=O)([Co])Oc1cccc2c3nc4nc(nc5[nH]c(nc6nc(nc([nH]3)c12)-c1ccccc1-6)c1ccccc51)-c1ccccc1-4.[Cu]. The minimum absolute atomic E-state index is 0. The first-order valence-corrected chi connectivity index (χ1v) is 16.3. The maximum Gasteiger partial charge on any atom is 0 e. The summed E-state index contributed by atoms with van der Waals surface area (Å²) in [6, 6.07) is 28.3. The number of rotatable bonds is 2. The van der Waals surface area contributed by atoms with Gasteiger partial charge in [0.25, 0.3) is 0 Å². The van der Waals surface area contributed by atoms with E-state index in [9.17, 15) is 8.42 Å². The van der Waals surface area contributed by atoms with Crippen molar-refractivity contribution < 1.29 is 44.3 Å². The number of H-pyrrole nitrogens is 2. The molecule has 229 valence electrons. The van der Waals surface area contributed by atoms with Crippen LogP contribution in [0.4, 0.5) is 0 Å². The molecular formula is C32H17CoCuN8O3S. The molecule has 46 heavy (non-hydrogen) atoms. The zero-order chi connectivity index (χ0) is 30.3. The van der Waals surface area contributed by atoms with Crippen molar-refractivity contribution in [2.24, 2.45) is 0 Å². The average molecular weight is 716 g/mol. The Balaban J connectivity index is 0.00000312.